The van der Waals surface area contributed by atoms with Crippen molar-refractivity contribution in [1.29, 1.82) is 0 Å². The lowest BCUT2D eigenvalue weighted by atomic mass is 9.97. The van der Waals surface area contributed by atoms with Crippen LogP contribution in [0, 0.1) is 0 Å². The fourth-order valence-electron chi connectivity index (χ4n) is 2.48. The molecule has 1 heterocycles. The zero-order valence-electron chi connectivity index (χ0n) is 10.3. The van der Waals surface area contributed by atoms with Gasteiger partial charge in [0.05, 0.1) is 5.69 Å². The number of hydrogen-bond donors (Lipinski definition) is 1. The molecule has 0 amide bonds. The number of nitrogens with zero attached hydrogens (tertiary/aromatic N) is 2. The van der Waals surface area contributed by atoms with Crippen LogP contribution in [0.5, 0.6) is 0 Å². The first-order valence-corrected chi connectivity index (χ1v) is 6.56. The molecule has 0 radical (unpaired) electrons. The van der Waals surface area contributed by atoms with Crippen molar-refractivity contribution in [2.75, 3.05) is 0 Å². The van der Waals surface area contributed by atoms with Crippen molar-refractivity contribution >= 4 is 0 Å². The van der Waals surface area contributed by atoms with Gasteiger partial charge < -0.3 is 5.32 Å². The van der Waals surface area contributed by atoms with Gasteiger partial charge in [0.15, 0.2) is 0 Å². The third-order valence-corrected chi connectivity index (χ3v) is 3.60. The van der Waals surface area contributed by atoms with E-state index in [0.29, 0.717) is 0 Å². The molecule has 1 fully saturated rings. The van der Waals surface area contributed by atoms with Gasteiger partial charge in [-0.15, -0.1) is 0 Å². The summed E-state index contributed by atoms with van der Waals surface area (Å²) in [5, 5.41) is 7.86. The summed E-state index contributed by atoms with van der Waals surface area (Å²) < 4.78 is 1.95. The molecular formula is C13H23N3. The molecular weight excluding hydrogens is 198 g/mol. The van der Waals surface area contributed by atoms with Crippen LogP contribution in [0.4, 0.5) is 0 Å². The number of aryl methyl sites for hydroxylation is 1. The van der Waals surface area contributed by atoms with Crippen molar-refractivity contribution in [2.24, 2.45) is 7.05 Å². The Kier molecular flexibility index (Phi) is 4.40. The highest BCUT2D eigenvalue weighted by atomic mass is 15.3. The molecule has 3 heteroatoms. The quantitative estimate of drug-likeness (QED) is 0.850. The molecule has 0 atom stereocenters. The maximum absolute atomic E-state index is 4.19. The summed E-state index contributed by atoms with van der Waals surface area (Å²) in [4.78, 5) is 0. The molecule has 1 aliphatic rings. The van der Waals surface area contributed by atoms with E-state index in [9.17, 15) is 0 Å². The van der Waals surface area contributed by atoms with E-state index in [1.54, 1.807) is 0 Å². The zero-order valence-corrected chi connectivity index (χ0v) is 10.3. The van der Waals surface area contributed by atoms with E-state index in [-0.39, 0.29) is 0 Å². The Bertz CT molecular complexity index is 298. The fourth-order valence-corrected chi connectivity index (χ4v) is 2.48. The van der Waals surface area contributed by atoms with Crippen molar-refractivity contribution in [1.82, 2.24) is 15.1 Å². The summed E-state index contributed by atoms with van der Waals surface area (Å²) >= 11 is 0. The summed E-state index contributed by atoms with van der Waals surface area (Å²) in [7, 11) is 2.01. The van der Waals surface area contributed by atoms with E-state index >= 15 is 0 Å². The van der Waals surface area contributed by atoms with Gasteiger partial charge in [-0.2, -0.15) is 5.10 Å². The van der Waals surface area contributed by atoms with Gasteiger partial charge in [0.2, 0.25) is 0 Å². The van der Waals surface area contributed by atoms with Gasteiger partial charge in [-0.1, -0.05) is 32.1 Å². The van der Waals surface area contributed by atoms with Crippen molar-refractivity contribution < 1.29 is 0 Å². The van der Waals surface area contributed by atoms with Crippen LogP contribution in [0.25, 0.3) is 0 Å². The maximum atomic E-state index is 4.19. The second kappa shape index (κ2) is 6.04. The first-order chi connectivity index (χ1) is 7.86. The lowest BCUT2D eigenvalue weighted by Gasteiger charge is -2.21. The van der Waals surface area contributed by atoms with E-state index in [0.717, 1.165) is 12.6 Å². The monoisotopic (exact) mass is 221 g/mol. The number of rotatable bonds is 3. The van der Waals surface area contributed by atoms with E-state index in [4.69, 9.17) is 0 Å². The van der Waals surface area contributed by atoms with Gasteiger partial charge in [0, 0.05) is 25.8 Å². The molecule has 1 N–H and O–H groups in total. The SMILES string of the molecule is Cn1nccc1CNC1CCCCCCC1. The Morgan fingerprint density at radius 1 is 1.25 bits per heavy atom. The molecule has 2 rings (SSSR count). The molecule has 0 unspecified atom stereocenters. The van der Waals surface area contributed by atoms with Gasteiger partial charge >= 0.3 is 0 Å². The van der Waals surface area contributed by atoms with Crippen LogP contribution in [0.15, 0.2) is 12.3 Å². The van der Waals surface area contributed by atoms with Crippen LogP contribution >= 0.6 is 0 Å². The number of hydrogen-bond acceptors (Lipinski definition) is 2. The topological polar surface area (TPSA) is 29.9 Å². The van der Waals surface area contributed by atoms with Crippen LogP contribution < -0.4 is 5.32 Å². The molecule has 1 aromatic rings. The highest BCUT2D eigenvalue weighted by Crippen LogP contribution is 2.17. The second-order valence-electron chi connectivity index (χ2n) is 4.87. The molecule has 1 aromatic heterocycles. The summed E-state index contributed by atoms with van der Waals surface area (Å²) in [5.74, 6) is 0. The van der Waals surface area contributed by atoms with Crippen LogP contribution in [0.3, 0.4) is 0 Å². The van der Waals surface area contributed by atoms with Crippen LogP contribution in [0.1, 0.15) is 50.6 Å². The first kappa shape index (κ1) is 11.6. The minimum Gasteiger partial charge on any atom is -0.308 e. The predicted molar refractivity (Wildman–Crippen MR) is 66.2 cm³/mol. The van der Waals surface area contributed by atoms with E-state index in [2.05, 4.69) is 16.5 Å². The highest BCUT2D eigenvalue weighted by Gasteiger charge is 2.11. The third-order valence-electron chi connectivity index (χ3n) is 3.60. The predicted octanol–water partition coefficient (Wildman–Crippen LogP) is 2.62. The normalized spacial score (nSPS) is 19.3. The van der Waals surface area contributed by atoms with Crippen molar-refractivity contribution in [3.8, 4) is 0 Å². The molecule has 0 aromatic carbocycles. The van der Waals surface area contributed by atoms with Crippen molar-refractivity contribution in [3.05, 3.63) is 18.0 Å². The third kappa shape index (κ3) is 3.34. The van der Waals surface area contributed by atoms with Gasteiger partial charge in [-0.3, -0.25) is 4.68 Å². The summed E-state index contributed by atoms with van der Waals surface area (Å²) in [6.07, 6.45) is 11.6. The van der Waals surface area contributed by atoms with E-state index in [1.807, 2.05) is 17.9 Å². The van der Waals surface area contributed by atoms with Gasteiger partial charge in [0.1, 0.15) is 0 Å². The van der Waals surface area contributed by atoms with Crippen molar-refractivity contribution in [3.63, 3.8) is 0 Å². The number of nitrogens with one attached hydrogen (secondary N) is 1. The lowest BCUT2D eigenvalue weighted by molar-refractivity contribution is 0.385. The molecule has 0 spiro atoms. The van der Waals surface area contributed by atoms with E-state index in [1.165, 1.54) is 50.6 Å². The molecule has 3 nitrogen and oxygen atoms in total. The Morgan fingerprint density at radius 2 is 1.94 bits per heavy atom. The van der Waals surface area contributed by atoms with Crippen molar-refractivity contribution in [2.45, 2.75) is 57.5 Å². The van der Waals surface area contributed by atoms with E-state index < -0.39 is 0 Å². The fraction of sp³-hybridized carbons (Fsp3) is 0.769. The summed E-state index contributed by atoms with van der Waals surface area (Å²) in [6, 6.07) is 2.81. The van der Waals surface area contributed by atoms with Crippen LogP contribution in [-0.4, -0.2) is 15.8 Å². The number of aromatic nitrogens is 2. The van der Waals surface area contributed by atoms with Crippen LogP contribution in [-0.2, 0) is 13.6 Å². The van der Waals surface area contributed by atoms with Gasteiger partial charge in [-0.05, 0) is 18.9 Å². The van der Waals surface area contributed by atoms with Gasteiger partial charge in [0.25, 0.3) is 0 Å². The first-order valence-electron chi connectivity index (χ1n) is 6.56. The van der Waals surface area contributed by atoms with Gasteiger partial charge in [-0.25, -0.2) is 0 Å². The Morgan fingerprint density at radius 3 is 2.56 bits per heavy atom. The molecule has 1 saturated carbocycles. The minimum atomic E-state index is 0.718. The average molecular weight is 221 g/mol. The Balaban J connectivity index is 1.77. The van der Waals surface area contributed by atoms with Crippen LogP contribution in [0.2, 0.25) is 0 Å². The largest absolute Gasteiger partial charge is 0.308 e. The smallest absolute Gasteiger partial charge is 0.0518 e. The standard InChI is InChI=1S/C13H23N3/c1-16-13(9-10-15-16)11-14-12-7-5-3-2-4-6-8-12/h9-10,12,14H,2-8,11H2,1H3. The molecule has 0 bridgehead atoms. The Hall–Kier alpha value is -0.830. The average Bonchev–Trinajstić information content (AvgIpc) is 2.63. The highest BCUT2D eigenvalue weighted by molar-refractivity contribution is 4.99. The molecule has 16 heavy (non-hydrogen) atoms. The summed E-state index contributed by atoms with van der Waals surface area (Å²) in [6.45, 7) is 0.959. The zero-order chi connectivity index (χ0) is 11.2. The summed E-state index contributed by atoms with van der Waals surface area (Å²) in [5.41, 5.74) is 1.28. The molecule has 1 aliphatic carbocycles. The molecule has 0 saturated heterocycles. The lowest BCUT2D eigenvalue weighted by Crippen LogP contribution is -2.29. The minimum absolute atomic E-state index is 0.718. The molecule has 90 valence electrons. The Labute approximate surface area is 98.2 Å². The maximum Gasteiger partial charge on any atom is 0.0518 e. The molecule has 0 aliphatic heterocycles. The second-order valence-corrected chi connectivity index (χ2v) is 4.87.